The van der Waals surface area contributed by atoms with E-state index in [9.17, 15) is 8.42 Å². The van der Waals surface area contributed by atoms with Crippen LogP contribution in [-0.2, 0) is 9.05 Å². The van der Waals surface area contributed by atoms with Crippen molar-refractivity contribution in [2.45, 2.75) is 25.7 Å². The molecule has 0 aliphatic carbocycles. The van der Waals surface area contributed by atoms with Crippen molar-refractivity contribution in [2.75, 3.05) is 12.4 Å². The molecule has 3 nitrogen and oxygen atoms in total. The van der Waals surface area contributed by atoms with Crippen molar-refractivity contribution in [1.82, 2.24) is 0 Å². The molecule has 0 unspecified atom stereocenters. The third-order valence-corrected chi connectivity index (χ3v) is 4.08. The SMILES string of the molecule is O=S(=O)(Cl)CCCCCCOc1cccc(Br)c1. The van der Waals surface area contributed by atoms with Crippen LogP contribution < -0.4 is 4.74 Å². The predicted octanol–water partition coefficient (Wildman–Crippen LogP) is 3.96. The molecule has 0 amide bonds. The number of ether oxygens (including phenoxy) is 1. The number of halogens is 2. The second-order valence-electron chi connectivity index (χ2n) is 3.96. The molecule has 0 aromatic heterocycles. The molecule has 0 heterocycles. The number of hydrogen-bond donors (Lipinski definition) is 0. The van der Waals surface area contributed by atoms with Crippen molar-refractivity contribution in [3.63, 3.8) is 0 Å². The zero-order valence-electron chi connectivity index (χ0n) is 9.94. The molecule has 1 aromatic rings. The molecule has 18 heavy (non-hydrogen) atoms. The Hall–Kier alpha value is -0.260. The quantitative estimate of drug-likeness (QED) is 0.524. The van der Waals surface area contributed by atoms with Crippen LogP contribution in [0.25, 0.3) is 0 Å². The Morgan fingerprint density at radius 3 is 2.56 bits per heavy atom. The number of rotatable bonds is 8. The first-order chi connectivity index (χ1) is 8.47. The van der Waals surface area contributed by atoms with E-state index < -0.39 is 9.05 Å². The average Bonchev–Trinajstić information content (AvgIpc) is 2.26. The maximum absolute atomic E-state index is 10.7. The Labute approximate surface area is 121 Å². The second kappa shape index (κ2) is 8.02. The van der Waals surface area contributed by atoms with E-state index in [2.05, 4.69) is 15.9 Å². The highest BCUT2D eigenvalue weighted by Crippen LogP contribution is 2.18. The molecule has 0 aliphatic heterocycles. The van der Waals surface area contributed by atoms with Crippen molar-refractivity contribution in [3.8, 4) is 5.75 Å². The van der Waals surface area contributed by atoms with E-state index in [1.54, 1.807) is 0 Å². The molecule has 0 saturated carbocycles. The lowest BCUT2D eigenvalue weighted by Gasteiger charge is -2.06. The van der Waals surface area contributed by atoms with Crippen molar-refractivity contribution >= 4 is 35.7 Å². The van der Waals surface area contributed by atoms with Gasteiger partial charge in [-0.15, -0.1) is 0 Å². The normalized spacial score (nSPS) is 11.4. The molecular formula is C12H16BrClO3S. The molecular weight excluding hydrogens is 340 g/mol. The van der Waals surface area contributed by atoms with Gasteiger partial charge in [0.1, 0.15) is 5.75 Å². The Morgan fingerprint density at radius 2 is 1.89 bits per heavy atom. The van der Waals surface area contributed by atoms with Gasteiger partial charge in [0.15, 0.2) is 0 Å². The zero-order valence-corrected chi connectivity index (χ0v) is 13.1. The van der Waals surface area contributed by atoms with Crippen LogP contribution in [-0.4, -0.2) is 20.8 Å². The van der Waals surface area contributed by atoms with Gasteiger partial charge in [-0.05, 0) is 31.0 Å². The van der Waals surface area contributed by atoms with Crippen LogP contribution in [0.4, 0.5) is 0 Å². The highest BCUT2D eigenvalue weighted by atomic mass is 79.9. The molecule has 0 N–H and O–H groups in total. The molecule has 1 rings (SSSR count). The van der Waals surface area contributed by atoms with Gasteiger partial charge in [0.2, 0.25) is 9.05 Å². The summed E-state index contributed by atoms with van der Waals surface area (Å²) in [4.78, 5) is 0. The number of hydrogen-bond acceptors (Lipinski definition) is 3. The molecule has 0 radical (unpaired) electrons. The summed E-state index contributed by atoms with van der Waals surface area (Å²) in [5.41, 5.74) is 0. The Balaban J connectivity index is 2.06. The summed E-state index contributed by atoms with van der Waals surface area (Å²) in [5.74, 6) is 0.897. The summed E-state index contributed by atoms with van der Waals surface area (Å²) >= 11 is 3.37. The Bertz CT molecular complexity index is 462. The van der Waals surface area contributed by atoms with E-state index in [1.807, 2.05) is 24.3 Å². The first-order valence-corrected chi connectivity index (χ1v) is 9.05. The smallest absolute Gasteiger partial charge is 0.232 e. The lowest BCUT2D eigenvalue weighted by atomic mass is 10.2. The van der Waals surface area contributed by atoms with Crippen LogP contribution >= 0.6 is 26.6 Å². The van der Waals surface area contributed by atoms with Crippen LogP contribution in [0.15, 0.2) is 28.7 Å². The van der Waals surface area contributed by atoms with E-state index in [1.165, 1.54) is 0 Å². The van der Waals surface area contributed by atoms with Gasteiger partial charge in [0.25, 0.3) is 0 Å². The fraction of sp³-hybridized carbons (Fsp3) is 0.500. The lowest BCUT2D eigenvalue weighted by Crippen LogP contribution is -1.99. The highest BCUT2D eigenvalue weighted by molar-refractivity contribution is 9.10. The minimum absolute atomic E-state index is 0.0566. The average molecular weight is 356 g/mol. The van der Waals surface area contributed by atoms with Gasteiger partial charge < -0.3 is 4.74 Å². The minimum Gasteiger partial charge on any atom is -0.494 e. The summed E-state index contributed by atoms with van der Waals surface area (Å²) in [6.45, 7) is 0.643. The van der Waals surface area contributed by atoms with Gasteiger partial charge in [-0.3, -0.25) is 0 Å². The van der Waals surface area contributed by atoms with Crippen molar-refractivity contribution in [2.24, 2.45) is 0 Å². The van der Waals surface area contributed by atoms with E-state index in [0.29, 0.717) is 13.0 Å². The molecule has 0 fully saturated rings. The van der Waals surface area contributed by atoms with Crippen LogP contribution in [0, 0.1) is 0 Å². The summed E-state index contributed by atoms with van der Waals surface area (Å²) in [5, 5.41) is 0. The molecule has 1 aromatic carbocycles. The molecule has 0 spiro atoms. The first-order valence-electron chi connectivity index (χ1n) is 5.78. The summed E-state index contributed by atoms with van der Waals surface area (Å²) < 4.78 is 27.9. The maximum atomic E-state index is 10.7. The van der Waals surface area contributed by atoms with Gasteiger partial charge in [0.05, 0.1) is 12.4 Å². The van der Waals surface area contributed by atoms with Gasteiger partial charge in [-0.1, -0.05) is 34.8 Å². The number of benzene rings is 1. The molecule has 0 atom stereocenters. The van der Waals surface area contributed by atoms with Gasteiger partial charge in [-0.25, -0.2) is 8.42 Å². The largest absolute Gasteiger partial charge is 0.494 e. The lowest BCUT2D eigenvalue weighted by molar-refractivity contribution is 0.305. The van der Waals surface area contributed by atoms with Gasteiger partial charge >= 0.3 is 0 Å². The van der Waals surface area contributed by atoms with E-state index in [-0.39, 0.29) is 5.75 Å². The Morgan fingerprint density at radius 1 is 1.17 bits per heavy atom. The summed E-state index contributed by atoms with van der Waals surface area (Å²) in [6.07, 6.45) is 3.33. The highest BCUT2D eigenvalue weighted by Gasteiger charge is 2.03. The van der Waals surface area contributed by atoms with Crippen molar-refractivity contribution in [3.05, 3.63) is 28.7 Å². The van der Waals surface area contributed by atoms with Crippen LogP contribution in [0.1, 0.15) is 25.7 Å². The summed E-state index contributed by atoms with van der Waals surface area (Å²) in [7, 11) is 1.78. The fourth-order valence-electron chi connectivity index (χ4n) is 1.48. The van der Waals surface area contributed by atoms with E-state index >= 15 is 0 Å². The van der Waals surface area contributed by atoms with Crippen LogP contribution in [0.5, 0.6) is 5.75 Å². The topological polar surface area (TPSA) is 43.4 Å². The minimum atomic E-state index is -3.33. The van der Waals surface area contributed by atoms with Crippen LogP contribution in [0.3, 0.4) is 0 Å². The second-order valence-corrected chi connectivity index (χ2v) is 7.78. The molecule has 0 bridgehead atoms. The first kappa shape index (κ1) is 15.8. The standard InChI is InChI=1S/C12H16BrClO3S/c13-11-6-5-7-12(10-11)17-8-3-1-2-4-9-18(14,15)16/h5-7,10H,1-4,8-9H2. The van der Waals surface area contributed by atoms with E-state index in [0.717, 1.165) is 29.5 Å². The number of unbranched alkanes of at least 4 members (excludes halogenated alkanes) is 3. The predicted molar refractivity (Wildman–Crippen MR) is 77.7 cm³/mol. The zero-order chi connectivity index (χ0) is 13.4. The molecule has 6 heteroatoms. The summed E-state index contributed by atoms with van der Waals surface area (Å²) in [6, 6.07) is 7.69. The maximum Gasteiger partial charge on any atom is 0.232 e. The van der Waals surface area contributed by atoms with Gasteiger partial charge in [-0.2, -0.15) is 0 Å². The third kappa shape index (κ3) is 7.95. The Kier molecular flexibility index (Phi) is 7.04. The van der Waals surface area contributed by atoms with Crippen LogP contribution in [0.2, 0.25) is 0 Å². The molecule has 0 saturated heterocycles. The fourth-order valence-corrected chi connectivity index (χ4v) is 2.73. The molecule has 102 valence electrons. The van der Waals surface area contributed by atoms with E-state index in [4.69, 9.17) is 15.4 Å². The third-order valence-electron chi connectivity index (χ3n) is 2.35. The van der Waals surface area contributed by atoms with Gasteiger partial charge in [0, 0.05) is 15.2 Å². The monoisotopic (exact) mass is 354 g/mol. The van der Waals surface area contributed by atoms with Crippen molar-refractivity contribution in [1.29, 1.82) is 0 Å². The molecule has 0 aliphatic rings. The van der Waals surface area contributed by atoms with Crippen molar-refractivity contribution < 1.29 is 13.2 Å².